The first-order valence-electron chi connectivity index (χ1n) is 4.20. The molecule has 0 saturated heterocycles. The van der Waals surface area contributed by atoms with Crippen molar-refractivity contribution in [1.82, 2.24) is 0 Å². The SMILES string of the molecule is CCCOS(=O)(=O)CCCC(F)(F)F. The van der Waals surface area contributed by atoms with Crippen LogP contribution in [0.3, 0.4) is 0 Å². The lowest BCUT2D eigenvalue weighted by molar-refractivity contribution is -0.134. The Hall–Kier alpha value is -0.300. The number of rotatable bonds is 6. The first kappa shape index (κ1) is 13.7. The van der Waals surface area contributed by atoms with Crippen molar-refractivity contribution < 1.29 is 25.8 Å². The zero-order valence-corrected chi connectivity index (χ0v) is 8.62. The maximum atomic E-state index is 11.6. The van der Waals surface area contributed by atoms with Crippen LogP contribution in [0.25, 0.3) is 0 Å². The number of halogens is 3. The summed E-state index contributed by atoms with van der Waals surface area (Å²) in [5.41, 5.74) is 0. The van der Waals surface area contributed by atoms with E-state index in [9.17, 15) is 21.6 Å². The van der Waals surface area contributed by atoms with Gasteiger partial charge in [0.15, 0.2) is 0 Å². The van der Waals surface area contributed by atoms with Gasteiger partial charge in [-0.1, -0.05) is 6.92 Å². The van der Waals surface area contributed by atoms with Gasteiger partial charge in [0, 0.05) is 6.42 Å². The maximum Gasteiger partial charge on any atom is 0.389 e. The molecular formula is C7H13F3O3S. The molecule has 14 heavy (non-hydrogen) atoms. The zero-order valence-electron chi connectivity index (χ0n) is 7.80. The van der Waals surface area contributed by atoms with Crippen molar-refractivity contribution in [3.05, 3.63) is 0 Å². The molecule has 0 fully saturated rings. The molecule has 0 aliphatic rings. The second-order valence-electron chi connectivity index (χ2n) is 2.80. The van der Waals surface area contributed by atoms with Gasteiger partial charge in [-0.3, -0.25) is 4.18 Å². The van der Waals surface area contributed by atoms with E-state index in [4.69, 9.17) is 0 Å². The van der Waals surface area contributed by atoms with Crippen molar-refractivity contribution >= 4 is 10.1 Å². The van der Waals surface area contributed by atoms with Crippen LogP contribution in [0, 0.1) is 0 Å². The normalized spacial score (nSPS) is 13.1. The van der Waals surface area contributed by atoms with Crippen LogP contribution in [0.15, 0.2) is 0 Å². The van der Waals surface area contributed by atoms with Crippen molar-refractivity contribution in [1.29, 1.82) is 0 Å². The molecule has 0 N–H and O–H groups in total. The van der Waals surface area contributed by atoms with Crippen LogP contribution in [0.1, 0.15) is 26.2 Å². The van der Waals surface area contributed by atoms with E-state index in [0.717, 1.165) is 0 Å². The lowest BCUT2D eigenvalue weighted by atomic mass is 10.3. The second kappa shape index (κ2) is 5.55. The Kier molecular flexibility index (Phi) is 5.43. The van der Waals surface area contributed by atoms with E-state index in [2.05, 4.69) is 4.18 Å². The topological polar surface area (TPSA) is 43.4 Å². The second-order valence-corrected chi connectivity index (χ2v) is 4.56. The van der Waals surface area contributed by atoms with Gasteiger partial charge in [0.1, 0.15) is 0 Å². The van der Waals surface area contributed by atoms with Gasteiger partial charge in [0.2, 0.25) is 0 Å². The molecule has 0 aromatic rings. The van der Waals surface area contributed by atoms with Crippen molar-refractivity contribution in [2.75, 3.05) is 12.4 Å². The predicted octanol–water partition coefficient (Wildman–Crippen LogP) is 2.09. The summed E-state index contributed by atoms with van der Waals surface area (Å²) >= 11 is 0. The van der Waals surface area contributed by atoms with E-state index in [1.165, 1.54) is 0 Å². The van der Waals surface area contributed by atoms with Crippen LogP contribution in [0.4, 0.5) is 13.2 Å². The van der Waals surface area contributed by atoms with Crippen molar-refractivity contribution in [3.63, 3.8) is 0 Å². The fourth-order valence-corrected chi connectivity index (χ4v) is 1.75. The average Bonchev–Trinajstić information content (AvgIpc) is 1.98. The Labute approximate surface area is 81.4 Å². The van der Waals surface area contributed by atoms with Gasteiger partial charge in [-0.05, 0) is 12.8 Å². The summed E-state index contributed by atoms with van der Waals surface area (Å²) in [4.78, 5) is 0. The molecule has 0 spiro atoms. The first-order chi connectivity index (χ1) is 6.27. The summed E-state index contributed by atoms with van der Waals surface area (Å²) in [5, 5.41) is 0. The molecule has 0 atom stereocenters. The van der Waals surface area contributed by atoms with Gasteiger partial charge in [-0.25, -0.2) is 0 Å². The summed E-state index contributed by atoms with van der Waals surface area (Å²) in [6.07, 6.45) is -5.34. The summed E-state index contributed by atoms with van der Waals surface area (Å²) in [5.74, 6) is -0.577. The third-order valence-corrected chi connectivity index (χ3v) is 2.64. The lowest BCUT2D eigenvalue weighted by Crippen LogP contribution is -2.14. The summed E-state index contributed by atoms with van der Waals surface area (Å²) < 4.78 is 61.1. The van der Waals surface area contributed by atoms with Crippen molar-refractivity contribution in [2.24, 2.45) is 0 Å². The molecule has 0 aliphatic heterocycles. The lowest BCUT2D eigenvalue weighted by Gasteiger charge is -2.06. The van der Waals surface area contributed by atoms with E-state index in [1.54, 1.807) is 6.92 Å². The van der Waals surface area contributed by atoms with E-state index in [1.807, 2.05) is 0 Å². The number of hydrogen-bond acceptors (Lipinski definition) is 3. The third-order valence-electron chi connectivity index (χ3n) is 1.32. The molecule has 0 heterocycles. The summed E-state index contributed by atoms with van der Waals surface area (Å²) in [6.45, 7) is 1.74. The van der Waals surface area contributed by atoms with Crippen LogP contribution in [0.2, 0.25) is 0 Å². The number of hydrogen-bond donors (Lipinski definition) is 0. The highest BCUT2D eigenvalue weighted by atomic mass is 32.2. The van der Waals surface area contributed by atoms with Crippen molar-refractivity contribution in [2.45, 2.75) is 32.4 Å². The molecule has 0 aromatic heterocycles. The van der Waals surface area contributed by atoms with Gasteiger partial charge in [0.05, 0.1) is 12.4 Å². The Morgan fingerprint density at radius 3 is 2.29 bits per heavy atom. The molecule has 0 amide bonds. The molecule has 3 nitrogen and oxygen atoms in total. The quantitative estimate of drug-likeness (QED) is 0.661. The molecule has 0 saturated carbocycles. The molecule has 0 rings (SSSR count). The van der Waals surface area contributed by atoms with E-state index >= 15 is 0 Å². The average molecular weight is 234 g/mol. The molecule has 0 radical (unpaired) electrons. The monoisotopic (exact) mass is 234 g/mol. The van der Waals surface area contributed by atoms with Crippen molar-refractivity contribution in [3.8, 4) is 0 Å². The smallest absolute Gasteiger partial charge is 0.270 e. The molecule has 0 bridgehead atoms. The van der Waals surface area contributed by atoms with Crippen LogP contribution >= 0.6 is 0 Å². The molecule has 7 heteroatoms. The Bertz CT molecular complexity index is 245. The largest absolute Gasteiger partial charge is 0.389 e. The summed E-state index contributed by atoms with van der Waals surface area (Å²) in [6, 6.07) is 0. The van der Waals surface area contributed by atoms with Crippen LogP contribution < -0.4 is 0 Å². The Morgan fingerprint density at radius 2 is 1.86 bits per heavy atom. The predicted molar refractivity (Wildman–Crippen MR) is 45.3 cm³/mol. The van der Waals surface area contributed by atoms with Gasteiger partial charge in [-0.15, -0.1) is 0 Å². The van der Waals surface area contributed by atoms with E-state index in [0.29, 0.717) is 6.42 Å². The molecule has 0 aliphatic carbocycles. The standard InChI is InChI=1S/C7H13F3O3S/c1-2-5-13-14(11,12)6-3-4-7(8,9)10/h2-6H2,1H3. The van der Waals surface area contributed by atoms with E-state index < -0.39 is 34.9 Å². The summed E-state index contributed by atoms with van der Waals surface area (Å²) in [7, 11) is -3.77. The molecule has 0 aromatic carbocycles. The Morgan fingerprint density at radius 1 is 1.29 bits per heavy atom. The van der Waals surface area contributed by atoms with Crippen LogP contribution in [0.5, 0.6) is 0 Å². The van der Waals surface area contributed by atoms with Gasteiger partial charge in [-0.2, -0.15) is 21.6 Å². The minimum atomic E-state index is -4.31. The fourth-order valence-electron chi connectivity index (χ4n) is 0.719. The van der Waals surface area contributed by atoms with Crippen LogP contribution in [-0.4, -0.2) is 27.0 Å². The van der Waals surface area contributed by atoms with Crippen LogP contribution in [-0.2, 0) is 14.3 Å². The maximum absolute atomic E-state index is 11.6. The van der Waals surface area contributed by atoms with Gasteiger partial charge >= 0.3 is 6.18 Å². The third kappa shape index (κ3) is 8.31. The highest BCUT2D eigenvalue weighted by Crippen LogP contribution is 2.21. The minimum absolute atomic E-state index is 0.0222. The fraction of sp³-hybridized carbons (Fsp3) is 1.00. The minimum Gasteiger partial charge on any atom is -0.270 e. The molecule has 86 valence electrons. The molecule has 0 unspecified atom stereocenters. The highest BCUT2D eigenvalue weighted by molar-refractivity contribution is 7.86. The van der Waals surface area contributed by atoms with Gasteiger partial charge < -0.3 is 0 Å². The first-order valence-corrected chi connectivity index (χ1v) is 5.78. The van der Waals surface area contributed by atoms with Gasteiger partial charge in [0.25, 0.3) is 10.1 Å². The van der Waals surface area contributed by atoms with E-state index in [-0.39, 0.29) is 6.61 Å². The highest BCUT2D eigenvalue weighted by Gasteiger charge is 2.27. The zero-order chi connectivity index (χ0) is 11.2. The number of alkyl halides is 3. The Balaban J connectivity index is 3.78. The molecular weight excluding hydrogens is 221 g/mol.